The molecule has 3 aliphatic rings. The van der Waals surface area contributed by atoms with Gasteiger partial charge in [0.2, 0.25) is 0 Å². The summed E-state index contributed by atoms with van der Waals surface area (Å²) in [4.78, 5) is 9.63. The number of nitrogens with one attached hydrogen (secondary N) is 1. The number of likely N-dealkylation sites (tertiary alicyclic amines) is 2. The van der Waals surface area contributed by atoms with E-state index < -0.39 is 0 Å². The molecule has 1 N–H and O–H groups in total. The van der Waals surface area contributed by atoms with Gasteiger partial charge in [-0.2, -0.15) is 0 Å². The zero-order chi connectivity index (χ0) is 19.2. The van der Waals surface area contributed by atoms with Gasteiger partial charge in [-0.15, -0.1) is 24.0 Å². The summed E-state index contributed by atoms with van der Waals surface area (Å²) in [5, 5.41) is 3.64. The third-order valence-electron chi connectivity index (χ3n) is 6.78. The van der Waals surface area contributed by atoms with E-state index in [1.54, 1.807) is 0 Å². The standard InChI is InChI=1S/C23H36N4O.HI/c1-24-22(27-14-10-23(18-27)11-15-28-19-23)25-16-20-8-4-5-9-21(20)17-26-12-6-2-3-7-13-26;/h4-5,8-9H,2-3,6-7,10-19H2,1H3,(H,24,25);1H. The van der Waals surface area contributed by atoms with E-state index >= 15 is 0 Å². The fourth-order valence-corrected chi connectivity index (χ4v) is 5.01. The highest BCUT2D eigenvalue weighted by Crippen LogP contribution is 2.38. The second kappa shape index (κ2) is 11.0. The Hall–Kier alpha value is -0.860. The van der Waals surface area contributed by atoms with E-state index in [0.29, 0.717) is 5.41 Å². The lowest BCUT2D eigenvalue weighted by Gasteiger charge is -2.26. The second-order valence-corrected chi connectivity index (χ2v) is 8.83. The number of guanidine groups is 1. The summed E-state index contributed by atoms with van der Waals surface area (Å²) >= 11 is 0. The lowest BCUT2D eigenvalue weighted by molar-refractivity contribution is 0.156. The summed E-state index contributed by atoms with van der Waals surface area (Å²) in [5.41, 5.74) is 3.21. The molecular formula is C23H37IN4O. The van der Waals surface area contributed by atoms with Crippen LogP contribution in [-0.4, -0.2) is 62.2 Å². The molecule has 0 amide bonds. The van der Waals surface area contributed by atoms with Crippen molar-refractivity contribution in [3.63, 3.8) is 0 Å². The molecule has 1 atom stereocenters. The number of benzene rings is 1. The fraction of sp³-hybridized carbons (Fsp3) is 0.696. The smallest absolute Gasteiger partial charge is 0.193 e. The van der Waals surface area contributed by atoms with Crippen molar-refractivity contribution in [1.29, 1.82) is 0 Å². The summed E-state index contributed by atoms with van der Waals surface area (Å²) < 4.78 is 5.68. The minimum atomic E-state index is 0. The van der Waals surface area contributed by atoms with Gasteiger partial charge in [-0.25, -0.2) is 0 Å². The molecule has 1 aromatic rings. The number of nitrogens with zero attached hydrogens (tertiary/aromatic N) is 3. The lowest BCUT2D eigenvalue weighted by Crippen LogP contribution is -2.41. The number of hydrogen-bond acceptors (Lipinski definition) is 3. The van der Waals surface area contributed by atoms with Gasteiger partial charge in [0.05, 0.1) is 6.61 Å². The number of aliphatic imine (C=N–C) groups is 1. The van der Waals surface area contributed by atoms with Crippen LogP contribution in [0.3, 0.4) is 0 Å². The number of ether oxygens (including phenoxy) is 1. The summed E-state index contributed by atoms with van der Waals surface area (Å²) in [6.07, 6.45) is 7.87. The van der Waals surface area contributed by atoms with Crippen molar-refractivity contribution in [3.8, 4) is 0 Å². The Kier molecular flexibility index (Phi) is 8.62. The molecule has 5 nitrogen and oxygen atoms in total. The van der Waals surface area contributed by atoms with Gasteiger partial charge in [0.1, 0.15) is 0 Å². The molecule has 6 heteroatoms. The first-order valence-corrected chi connectivity index (χ1v) is 11.1. The molecule has 0 radical (unpaired) electrons. The topological polar surface area (TPSA) is 40.1 Å². The first-order chi connectivity index (χ1) is 13.8. The number of rotatable bonds is 4. The first-order valence-electron chi connectivity index (χ1n) is 11.1. The van der Waals surface area contributed by atoms with Gasteiger partial charge in [-0.05, 0) is 49.9 Å². The van der Waals surface area contributed by atoms with Gasteiger partial charge in [-0.3, -0.25) is 9.89 Å². The quantitative estimate of drug-likeness (QED) is 0.378. The molecule has 0 saturated carbocycles. The predicted octanol–water partition coefficient (Wildman–Crippen LogP) is 3.87. The maximum Gasteiger partial charge on any atom is 0.193 e. The van der Waals surface area contributed by atoms with Gasteiger partial charge in [0, 0.05) is 45.2 Å². The molecule has 3 fully saturated rings. The van der Waals surface area contributed by atoms with Gasteiger partial charge in [0.25, 0.3) is 0 Å². The monoisotopic (exact) mass is 512 g/mol. The molecule has 3 heterocycles. The molecule has 4 rings (SSSR count). The van der Waals surface area contributed by atoms with Crippen LogP contribution < -0.4 is 5.32 Å². The number of halogens is 1. The fourth-order valence-electron chi connectivity index (χ4n) is 5.01. The van der Waals surface area contributed by atoms with Crippen molar-refractivity contribution in [3.05, 3.63) is 35.4 Å². The van der Waals surface area contributed by atoms with Crippen LogP contribution in [0.25, 0.3) is 0 Å². The Morgan fingerprint density at radius 1 is 1.07 bits per heavy atom. The lowest BCUT2D eigenvalue weighted by atomic mass is 9.87. The predicted molar refractivity (Wildman–Crippen MR) is 130 cm³/mol. The Morgan fingerprint density at radius 2 is 1.83 bits per heavy atom. The second-order valence-electron chi connectivity index (χ2n) is 8.83. The third kappa shape index (κ3) is 5.85. The highest BCUT2D eigenvalue weighted by Gasteiger charge is 2.42. The van der Waals surface area contributed by atoms with Gasteiger partial charge in [0.15, 0.2) is 5.96 Å². The minimum absolute atomic E-state index is 0. The van der Waals surface area contributed by atoms with E-state index in [0.717, 1.165) is 45.4 Å². The van der Waals surface area contributed by atoms with Crippen LogP contribution in [0.15, 0.2) is 29.3 Å². The Morgan fingerprint density at radius 3 is 2.52 bits per heavy atom. The van der Waals surface area contributed by atoms with Crippen LogP contribution in [0.5, 0.6) is 0 Å². The van der Waals surface area contributed by atoms with Gasteiger partial charge < -0.3 is 15.0 Å². The molecule has 0 aromatic heterocycles. The van der Waals surface area contributed by atoms with Crippen molar-refractivity contribution in [2.45, 2.75) is 51.6 Å². The Balaban J connectivity index is 0.00000240. The van der Waals surface area contributed by atoms with Crippen LogP contribution >= 0.6 is 24.0 Å². The van der Waals surface area contributed by atoms with E-state index in [4.69, 9.17) is 4.74 Å². The van der Waals surface area contributed by atoms with Crippen LogP contribution in [0, 0.1) is 5.41 Å². The van der Waals surface area contributed by atoms with E-state index in [1.807, 2.05) is 7.05 Å². The summed E-state index contributed by atoms with van der Waals surface area (Å²) in [5.74, 6) is 1.04. The van der Waals surface area contributed by atoms with Gasteiger partial charge in [-0.1, -0.05) is 37.1 Å². The van der Waals surface area contributed by atoms with Crippen LogP contribution in [-0.2, 0) is 17.8 Å². The van der Waals surface area contributed by atoms with Gasteiger partial charge >= 0.3 is 0 Å². The first kappa shape index (κ1) is 22.8. The summed E-state index contributed by atoms with van der Waals surface area (Å²) in [6, 6.07) is 8.90. The minimum Gasteiger partial charge on any atom is -0.381 e. The molecule has 3 saturated heterocycles. The average Bonchev–Trinajstić information content (AvgIpc) is 3.27. The highest BCUT2D eigenvalue weighted by atomic mass is 127. The maximum atomic E-state index is 5.68. The van der Waals surface area contributed by atoms with Crippen molar-refractivity contribution >= 4 is 29.9 Å². The van der Waals surface area contributed by atoms with Crippen molar-refractivity contribution in [1.82, 2.24) is 15.1 Å². The highest BCUT2D eigenvalue weighted by molar-refractivity contribution is 14.0. The molecular weight excluding hydrogens is 475 g/mol. The summed E-state index contributed by atoms with van der Waals surface area (Å²) in [6.45, 7) is 8.38. The van der Waals surface area contributed by atoms with Crippen molar-refractivity contribution in [2.75, 3.05) is 46.4 Å². The molecule has 0 aliphatic carbocycles. The van der Waals surface area contributed by atoms with Crippen molar-refractivity contribution in [2.24, 2.45) is 10.4 Å². The molecule has 162 valence electrons. The Labute approximate surface area is 193 Å². The average molecular weight is 512 g/mol. The van der Waals surface area contributed by atoms with Crippen LogP contribution in [0.2, 0.25) is 0 Å². The molecule has 29 heavy (non-hydrogen) atoms. The zero-order valence-electron chi connectivity index (χ0n) is 17.9. The molecule has 0 bridgehead atoms. The van der Waals surface area contributed by atoms with Crippen molar-refractivity contribution < 1.29 is 4.74 Å². The molecule has 1 spiro atoms. The van der Waals surface area contributed by atoms with E-state index in [2.05, 4.69) is 44.4 Å². The van der Waals surface area contributed by atoms with Crippen LogP contribution in [0.1, 0.15) is 49.7 Å². The maximum absolute atomic E-state index is 5.68. The van der Waals surface area contributed by atoms with E-state index in [9.17, 15) is 0 Å². The molecule has 1 unspecified atom stereocenters. The molecule has 1 aromatic carbocycles. The normalized spacial score (nSPS) is 25.8. The Bertz CT molecular complexity index is 667. The van der Waals surface area contributed by atoms with E-state index in [-0.39, 0.29) is 24.0 Å². The number of hydrogen-bond donors (Lipinski definition) is 1. The third-order valence-corrected chi connectivity index (χ3v) is 6.78. The summed E-state index contributed by atoms with van der Waals surface area (Å²) in [7, 11) is 1.90. The van der Waals surface area contributed by atoms with Crippen LogP contribution in [0.4, 0.5) is 0 Å². The molecule has 3 aliphatic heterocycles. The zero-order valence-corrected chi connectivity index (χ0v) is 20.2. The largest absolute Gasteiger partial charge is 0.381 e. The SMILES string of the molecule is CN=C(NCc1ccccc1CN1CCCCCC1)N1CCC2(CCOC2)C1.I. The van der Waals surface area contributed by atoms with E-state index in [1.165, 1.54) is 62.7 Å².